The molecule has 1 heterocycles. The van der Waals surface area contributed by atoms with Crippen molar-refractivity contribution in [2.45, 2.75) is 39.9 Å². The van der Waals surface area contributed by atoms with E-state index in [4.69, 9.17) is 0 Å². The van der Waals surface area contributed by atoms with Crippen molar-refractivity contribution >= 4 is 28.5 Å². The number of amides is 3. The molecule has 0 saturated heterocycles. The number of aromatic nitrogens is 2. The van der Waals surface area contributed by atoms with E-state index in [0.29, 0.717) is 22.2 Å². The van der Waals surface area contributed by atoms with Gasteiger partial charge in [0, 0.05) is 30.4 Å². The summed E-state index contributed by atoms with van der Waals surface area (Å²) < 4.78 is 1.10. The second-order valence-electron chi connectivity index (χ2n) is 7.37. The fourth-order valence-electron chi connectivity index (χ4n) is 3.10. The molecule has 0 aliphatic carbocycles. The fourth-order valence-corrected chi connectivity index (χ4v) is 3.10. The number of H-pyrrole nitrogens is 1. The lowest BCUT2D eigenvalue weighted by Crippen LogP contribution is -2.34. The summed E-state index contributed by atoms with van der Waals surface area (Å²) in [5.74, 6) is -0.332. The lowest BCUT2D eigenvalue weighted by Gasteiger charge is -2.11. The van der Waals surface area contributed by atoms with E-state index in [1.807, 2.05) is 13.8 Å². The molecule has 3 amide bonds. The maximum atomic E-state index is 12.5. The van der Waals surface area contributed by atoms with Crippen LogP contribution in [0.4, 0.5) is 10.5 Å². The van der Waals surface area contributed by atoms with E-state index in [1.54, 1.807) is 37.3 Å². The van der Waals surface area contributed by atoms with Gasteiger partial charge < -0.3 is 20.9 Å². The van der Waals surface area contributed by atoms with Crippen LogP contribution in [0.25, 0.3) is 10.9 Å². The van der Waals surface area contributed by atoms with Crippen LogP contribution in [-0.4, -0.2) is 27.5 Å². The van der Waals surface area contributed by atoms with Crippen LogP contribution in [0.1, 0.15) is 36.7 Å². The SMILES string of the molecule is CCn1c(=O)[nH]c2cc(C(=O)NCc3ccc(NC(=O)NC(C)C)cc3)ccc2c1=O. The van der Waals surface area contributed by atoms with Crippen molar-refractivity contribution < 1.29 is 9.59 Å². The number of hydrogen-bond donors (Lipinski definition) is 4. The Balaban J connectivity index is 1.66. The van der Waals surface area contributed by atoms with Crippen molar-refractivity contribution in [1.29, 1.82) is 0 Å². The lowest BCUT2D eigenvalue weighted by atomic mass is 10.1. The molecule has 9 nitrogen and oxygen atoms in total. The molecule has 2 aromatic carbocycles. The molecule has 0 bridgehead atoms. The van der Waals surface area contributed by atoms with Crippen LogP contribution < -0.4 is 27.2 Å². The van der Waals surface area contributed by atoms with Crippen molar-refractivity contribution in [2.24, 2.45) is 0 Å². The van der Waals surface area contributed by atoms with Gasteiger partial charge in [-0.2, -0.15) is 0 Å². The molecule has 0 saturated carbocycles. The maximum Gasteiger partial charge on any atom is 0.328 e. The van der Waals surface area contributed by atoms with Crippen LogP contribution in [0, 0.1) is 0 Å². The van der Waals surface area contributed by atoms with Crippen LogP contribution in [0.15, 0.2) is 52.1 Å². The van der Waals surface area contributed by atoms with E-state index in [9.17, 15) is 19.2 Å². The van der Waals surface area contributed by atoms with Crippen molar-refractivity contribution in [1.82, 2.24) is 20.2 Å². The number of carbonyl (C=O) groups is 2. The summed E-state index contributed by atoms with van der Waals surface area (Å²) in [5, 5.41) is 8.63. The van der Waals surface area contributed by atoms with E-state index in [2.05, 4.69) is 20.9 Å². The van der Waals surface area contributed by atoms with Gasteiger partial charge in [-0.3, -0.25) is 14.2 Å². The van der Waals surface area contributed by atoms with Gasteiger partial charge in [-0.15, -0.1) is 0 Å². The Hall–Kier alpha value is -3.88. The largest absolute Gasteiger partial charge is 0.348 e. The number of nitrogens with one attached hydrogen (secondary N) is 4. The Morgan fingerprint density at radius 2 is 1.77 bits per heavy atom. The van der Waals surface area contributed by atoms with Gasteiger partial charge in [0.1, 0.15) is 0 Å². The molecule has 0 aliphatic heterocycles. The van der Waals surface area contributed by atoms with Gasteiger partial charge in [0.15, 0.2) is 0 Å². The van der Waals surface area contributed by atoms with Gasteiger partial charge in [0.05, 0.1) is 10.9 Å². The summed E-state index contributed by atoms with van der Waals surface area (Å²) in [4.78, 5) is 51.2. The molecular formula is C22H25N5O4. The Bertz CT molecular complexity index is 1230. The van der Waals surface area contributed by atoms with Gasteiger partial charge in [0.25, 0.3) is 11.5 Å². The predicted molar refractivity (Wildman–Crippen MR) is 119 cm³/mol. The molecule has 162 valence electrons. The topological polar surface area (TPSA) is 125 Å². The fraction of sp³-hybridized carbons (Fsp3) is 0.273. The minimum absolute atomic E-state index is 0.0371. The van der Waals surface area contributed by atoms with Crippen LogP contribution in [-0.2, 0) is 13.1 Å². The zero-order valence-corrected chi connectivity index (χ0v) is 17.6. The second kappa shape index (κ2) is 9.29. The van der Waals surface area contributed by atoms with E-state index in [1.165, 1.54) is 12.1 Å². The van der Waals surface area contributed by atoms with Crippen LogP contribution in [0.5, 0.6) is 0 Å². The van der Waals surface area contributed by atoms with Crippen molar-refractivity contribution in [2.75, 3.05) is 5.32 Å². The molecule has 0 unspecified atom stereocenters. The highest BCUT2D eigenvalue weighted by Gasteiger charge is 2.11. The summed E-state index contributed by atoms with van der Waals surface area (Å²) in [6.07, 6.45) is 0. The van der Waals surface area contributed by atoms with Gasteiger partial charge in [-0.1, -0.05) is 12.1 Å². The summed E-state index contributed by atoms with van der Waals surface area (Å²) in [5.41, 5.74) is 1.26. The highest BCUT2D eigenvalue weighted by atomic mass is 16.2. The highest BCUT2D eigenvalue weighted by Crippen LogP contribution is 2.11. The molecule has 0 atom stereocenters. The smallest absolute Gasteiger partial charge is 0.328 e. The molecule has 4 N–H and O–H groups in total. The molecule has 9 heteroatoms. The normalized spacial score (nSPS) is 10.8. The first-order chi connectivity index (χ1) is 14.8. The Labute approximate surface area is 178 Å². The molecule has 3 rings (SSSR count). The quantitative estimate of drug-likeness (QED) is 0.485. The van der Waals surface area contributed by atoms with Crippen LogP contribution in [0.2, 0.25) is 0 Å². The molecule has 3 aromatic rings. The van der Waals surface area contributed by atoms with Gasteiger partial charge in [0.2, 0.25) is 0 Å². The minimum atomic E-state index is -0.506. The number of carbonyl (C=O) groups excluding carboxylic acids is 2. The highest BCUT2D eigenvalue weighted by molar-refractivity contribution is 5.97. The molecular weight excluding hydrogens is 398 g/mol. The van der Waals surface area contributed by atoms with Crippen LogP contribution in [0.3, 0.4) is 0 Å². The number of benzene rings is 2. The maximum absolute atomic E-state index is 12.5. The Morgan fingerprint density at radius 1 is 1.06 bits per heavy atom. The first kappa shape index (κ1) is 21.8. The molecule has 0 aliphatic rings. The predicted octanol–water partition coefficient (Wildman–Crippen LogP) is 2.17. The number of aromatic amines is 1. The monoisotopic (exact) mass is 423 g/mol. The van der Waals surface area contributed by atoms with Crippen molar-refractivity contribution in [3.8, 4) is 0 Å². The van der Waals surface area contributed by atoms with Crippen molar-refractivity contribution in [3.63, 3.8) is 0 Å². The number of urea groups is 1. The molecule has 0 radical (unpaired) electrons. The first-order valence-electron chi connectivity index (χ1n) is 10.00. The molecule has 0 spiro atoms. The summed E-state index contributed by atoms with van der Waals surface area (Å²) in [6, 6.07) is 11.4. The lowest BCUT2D eigenvalue weighted by molar-refractivity contribution is 0.0951. The number of fused-ring (bicyclic) bond motifs is 1. The zero-order chi connectivity index (χ0) is 22.5. The van der Waals surface area contributed by atoms with E-state index in [-0.39, 0.29) is 36.6 Å². The molecule has 0 fully saturated rings. The average Bonchev–Trinajstić information content (AvgIpc) is 2.72. The third-order valence-electron chi connectivity index (χ3n) is 4.64. The third-order valence-corrected chi connectivity index (χ3v) is 4.64. The number of nitrogens with zero attached hydrogens (tertiary/aromatic N) is 1. The first-order valence-corrected chi connectivity index (χ1v) is 10.00. The Kier molecular flexibility index (Phi) is 6.54. The zero-order valence-electron chi connectivity index (χ0n) is 17.6. The number of rotatable bonds is 6. The molecule has 31 heavy (non-hydrogen) atoms. The summed E-state index contributed by atoms with van der Waals surface area (Å²) in [6.45, 7) is 6.01. The van der Waals surface area contributed by atoms with Gasteiger partial charge >= 0.3 is 11.7 Å². The Morgan fingerprint density at radius 3 is 2.42 bits per heavy atom. The molecule has 1 aromatic heterocycles. The standard InChI is InChI=1S/C22H25N5O4/c1-4-27-20(29)17-10-7-15(11-18(17)26-22(27)31)19(28)23-12-14-5-8-16(9-6-14)25-21(30)24-13(2)3/h5-11,13H,4,12H2,1-3H3,(H,23,28)(H,26,31)(H2,24,25,30). The second-order valence-corrected chi connectivity index (χ2v) is 7.37. The van der Waals surface area contributed by atoms with E-state index < -0.39 is 5.69 Å². The average molecular weight is 423 g/mol. The summed E-state index contributed by atoms with van der Waals surface area (Å²) >= 11 is 0. The van der Waals surface area contributed by atoms with Crippen LogP contribution >= 0.6 is 0 Å². The number of anilines is 1. The van der Waals surface area contributed by atoms with E-state index >= 15 is 0 Å². The number of hydrogen-bond acceptors (Lipinski definition) is 4. The van der Waals surface area contributed by atoms with Crippen molar-refractivity contribution in [3.05, 3.63) is 74.4 Å². The third kappa shape index (κ3) is 5.19. The van der Waals surface area contributed by atoms with E-state index in [0.717, 1.165) is 10.1 Å². The minimum Gasteiger partial charge on any atom is -0.348 e. The van der Waals surface area contributed by atoms with Gasteiger partial charge in [-0.25, -0.2) is 9.59 Å². The summed E-state index contributed by atoms with van der Waals surface area (Å²) in [7, 11) is 0. The van der Waals surface area contributed by atoms with Gasteiger partial charge in [-0.05, 0) is 56.7 Å².